The summed E-state index contributed by atoms with van der Waals surface area (Å²) >= 11 is 0. The molecule has 2 aromatic heterocycles. The number of aromatic nitrogens is 4. The Labute approximate surface area is 177 Å². The van der Waals surface area contributed by atoms with Crippen molar-refractivity contribution in [3.63, 3.8) is 0 Å². The van der Waals surface area contributed by atoms with Gasteiger partial charge in [-0.3, -0.25) is 4.79 Å². The maximum absolute atomic E-state index is 12.9. The Hall–Kier alpha value is -3.22. The largest absolute Gasteiger partial charge is 0.354 e. The molecule has 3 heterocycles. The van der Waals surface area contributed by atoms with E-state index in [1.807, 2.05) is 69.3 Å². The van der Waals surface area contributed by atoms with Crippen LogP contribution in [0, 0.1) is 19.8 Å². The molecule has 2 atom stereocenters. The number of benzene rings is 1. The Balaban J connectivity index is 1.41. The SMILES string of the molecule is Cc1cc(C)n(-c2ccc(N3CCCC(C(=O)NC(C)c4ccccc4)C3)nn2)n1. The number of hydrogen-bond donors (Lipinski definition) is 1. The lowest BCUT2D eigenvalue weighted by Gasteiger charge is -2.33. The second kappa shape index (κ2) is 8.65. The predicted molar refractivity (Wildman–Crippen MR) is 117 cm³/mol. The number of hydrogen-bond acceptors (Lipinski definition) is 5. The summed E-state index contributed by atoms with van der Waals surface area (Å²) in [5.41, 5.74) is 3.09. The highest BCUT2D eigenvalue weighted by Crippen LogP contribution is 2.23. The van der Waals surface area contributed by atoms with Crippen LogP contribution in [0.1, 0.15) is 42.8 Å². The van der Waals surface area contributed by atoms with Crippen LogP contribution in [0.3, 0.4) is 0 Å². The molecule has 4 rings (SSSR count). The molecule has 0 aliphatic carbocycles. The third-order valence-electron chi connectivity index (χ3n) is 5.64. The van der Waals surface area contributed by atoms with E-state index in [1.165, 1.54) is 0 Å². The zero-order chi connectivity index (χ0) is 21.1. The van der Waals surface area contributed by atoms with Crippen LogP contribution in [-0.4, -0.2) is 39.0 Å². The molecule has 1 N–H and O–H groups in total. The Kier molecular flexibility index (Phi) is 5.79. The molecule has 1 aromatic carbocycles. The van der Waals surface area contributed by atoms with Crippen LogP contribution in [0.15, 0.2) is 48.5 Å². The van der Waals surface area contributed by atoms with Gasteiger partial charge in [-0.2, -0.15) is 5.10 Å². The maximum atomic E-state index is 12.9. The van der Waals surface area contributed by atoms with E-state index >= 15 is 0 Å². The van der Waals surface area contributed by atoms with Gasteiger partial charge in [-0.05, 0) is 57.4 Å². The van der Waals surface area contributed by atoms with Crippen molar-refractivity contribution in [1.29, 1.82) is 0 Å². The van der Waals surface area contributed by atoms with Gasteiger partial charge in [0.1, 0.15) is 0 Å². The third kappa shape index (κ3) is 4.35. The van der Waals surface area contributed by atoms with E-state index in [0.717, 1.165) is 42.2 Å². The standard InChI is InChI=1S/C23H28N6O/c1-16-14-17(2)29(27-16)22-12-11-21(25-26-22)28-13-7-10-20(15-28)23(30)24-18(3)19-8-5-4-6-9-19/h4-6,8-9,11-12,14,18,20H,7,10,13,15H2,1-3H3,(H,24,30). The number of carbonyl (C=O) groups excluding carboxylic acids is 1. The van der Waals surface area contributed by atoms with Gasteiger partial charge in [-0.25, -0.2) is 4.68 Å². The minimum absolute atomic E-state index is 0.00563. The van der Waals surface area contributed by atoms with E-state index in [2.05, 4.69) is 25.5 Å². The molecule has 2 unspecified atom stereocenters. The van der Waals surface area contributed by atoms with E-state index in [1.54, 1.807) is 4.68 Å². The second-order valence-corrected chi connectivity index (χ2v) is 8.01. The molecule has 30 heavy (non-hydrogen) atoms. The first kappa shape index (κ1) is 20.1. The highest BCUT2D eigenvalue weighted by molar-refractivity contribution is 5.80. The Morgan fingerprint density at radius 1 is 1.10 bits per heavy atom. The second-order valence-electron chi connectivity index (χ2n) is 8.01. The highest BCUT2D eigenvalue weighted by atomic mass is 16.2. The van der Waals surface area contributed by atoms with E-state index in [0.29, 0.717) is 12.4 Å². The summed E-state index contributed by atoms with van der Waals surface area (Å²) in [6, 6.07) is 16.0. The molecule has 1 amide bonds. The lowest BCUT2D eigenvalue weighted by atomic mass is 9.96. The van der Waals surface area contributed by atoms with E-state index < -0.39 is 0 Å². The zero-order valence-corrected chi connectivity index (χ0v) is 17.7. The number of anilines is 1. The number of aryl methyl sites for hydroxylation is 2. The molecule has 0 bridgehead atoms. The van der Waals surface area contributed by atoms with Gasteiger partial charge >= 0.3 is 0 Å². The molecule has 7 heteroatoms. The lowest BCUT2D eigenvalue weighted by Crippen LogP contribution is -2.44. The van der Waals surface area contributed by atoms with Crippen molar-refractivity contribution in [3.8, 4) is 5.82 Å². The summed E-state index contributed by atoms with van der Waals surface area (Å²) in [7, 11) is 0. The lowest BCUT2D eigenvalue weighted by molar-refractivity contribution is -0.125. The molecule has 0 saturated carbocycles. The summed E-state index contributed by atoms with van der Waals surface area (Å²) in [6.07, 6.45) is 1.85. The molecule has 0 radical (unpaired) electrons. The third-order valence-corrected chi connectivity index (χ3v) is 5.64. The summed E-state index contributed by atoms with van der Waals surface area (Å²) in [6.45, 7) is 7.52. The molecular weight excluding hydrogens is 376 g/mol. The van der Waals surface area contributed by atoms with Crippen molar-refractivity contribution < 1.29 is 4.79 Å². The quantitative estimate of drug-likeness (QED) is 0.706. The molecule has 156 valence electrons. The highest BCUT2D eigenvalue weighted by Gasteiger charge is 2.27. The van der Waals surface area contributed by atoms with Gasteiger partial charge in [-0.15, -0.1) is 10.2 Å². The normalized spacial score (nSPS) is 17.6. The summed E-state index contributed by atoms with van der Waals surface area (Å²) in [5, 5.41) is 16.4. The van der Waals surface area contributed by atoms with Gasteiger partial charge in [0.05, 0.1) is 17.7 Å². The average Bonchev–Trinajstić information content (AvgIpc) is 3.12. The first-order chi connectivity index (χ1) is 14.5. The minimum Gasteiger partial charge on any atom is -0.354 e. The number of nitrogens with zero attached hydrogens (tertiary/aromatic N) is 5. The monoisotopic (exact) mass is 404 g/mol. The number of amides is 1. The fourth-order valence-corrected chi connectivity index (χ4v) is 4.02. The zero-order valence-electron chi connectivity index (χ0n) is 17.7. The van der Waals surface area contributed by atoms with Crippen molar-refractivity contribution in [2.24, 2.45) is 5.92 Å². The smallest absolute Gasteiger partial charge is 0.225 e. The summed E-state index contributed by atoms with van der Waals surface area (Å²) in [4.78, 5) is 15.0. The van der Waals surface area contributed by atoms with Crippen LogP contribution >= 0.6 is 0 Å². The minimum atomic E-state index is -0.0533. The fourth-order valence-electron chi connectivity index (χ4n) is 4.02. The number of carbonyl (C=O) groups is 1. The topological polar surface area (TPSA) is 75.9 Å². The van der Waals surface area contributed by atoms with Crippen molar-refractivity contribution in [2.45, 2.75) is 39.7 Å². The maximum Gasteiger partial charge on any atom is 0.225 e. The van der Waals surface area contributed by atoms with E-state index in [9.17, 15) is 4.79 Å². The van der Waals surface area contributed by atoms with Gasteiger partial charge in [0.2, 0.25) is 5.91 Å². The molecule has 1 aliphatic rings. The summed E-state index contributed by atoms with van der Waals surface area (Å²) in [5.74, 6) is 1.55. The van der Waals surface area contributed by atoms with Crippen molar-refractivity contribution in [3.05, 3.63) is 65.5 Å². The van der Waals surface area contributed by atoms with Crippen LogP contribution in [0.5, 0.6) is 0 Å². The molecule has 1 saturated heterocycles. The van der Waals surface area contributed by atoms with Gasteiger partial charge in [0.25, 0.3) is 0 Å². The van der Waals surface area contributed by atoms with Crippen LogP contribution in [0.4, 0.5) is 5.82 Å². The van der Waals surface area contributed by atoms with Crippen LogP contribution in [0.25, 0.3) is 5.82 Å². The summed E-state index contributed by atoms with van der Waals surface area (Å²) < 4.78 is 1.80. The number of rotatable bonds is 5. The molecular formula is C23H28N6O. The van der Waals surface area contributed by atoms with Gasteiger partial charge in [-0.1, -0.05) is 30.3 Å². The van der Waals surface area contributed by atoms with E-state index in [4.69, 9.17) is 0 Å². The fraction of sp³-hybridized carbons (Fsp3) is 0.391. The Morgan fingerprint density at radius 2 is 1.83 bits per heavy atom. The van der Waals surface area contributed by atoms with Crippen molar-refractivity contribution in [2.75, 3.05) is 18.0 Å². The molecule has 3 aromatic rings. The van der Waals surface area contributed by atoms with Crippen LogP contribution < -0.4 is 10.2 Å². The molecule has 1 fully saturated rings. The van der Waals surface area contributed by atoms with Crippen LogP contribution in [0.2, 0.25) is 0 Å². The first-order valence-electron chi connectivity index (χ1n) is 10.5. The Morgan fingerprint density at radius 3 is 2.50 bits per heavy atom. The molecule has 7 nitrogen and oxygen atoms in total. The first-order valence-corrected chi connectivity index (χ1v) is 10.5. The van der Waals surface area contributed by atoms with Gasteiger partial charge in [0, 0.05) is 18.8 Å². The Bertz CT molecular complexity index is 998. The van der Waals surface area contributed by atoms with E-state index in [-0.39, 0.29) is 17.9 Å². The number of nitrogens with one attached hydrogen (secondary N) is 1. The number of piperidine rings is 1. The van der Waals surface area contributed by atoms with Gasteiger partial charge in [0.15, 0.2) is 11.6 Å². The van der Waals surface area contributed by atoms with Crippen molar-refractivity contribution in [1.82, 2.24) is 25.3 Å². The van der Waals surface area contributed by atoms with Crippen molar-refractivity contribution >= 4 is 11.7 Å². The average molecular weight is 405 g/mol. The predicted octanol–water partition coefficient (Wildman–Crippen LogP) is 3.37. The molecule has 0 spiro atoms. The molecule has 1 aliphatic heterocycles. The van der Waals surface area contributed by atoms with Crippen LogP contribution in [-0.2, 0) is 4.79 Å². The van der Waals surface area contributed by atoms with Gasteiger partial charge < -0.3 is 10.2 Å².